The molecule has 3 N–H and O–H groups in total. The van der Waals surface area contributed by atoms with Crippen LogP contribution in [0.3, 0.4) is 0 Å². The summed E-state index contributed by atoms with van der Waals surface area (Å²) in [5, 5.41) is 9.04. The van der Waals surface area contributed by atoms with Crippen LogP contribution in [0.1, 0.15) is 33.4 Å². The lowest BCUT2D eigenvalue weighted by atomic mass is 9.94. The Kier molecular flexibility index (Phi) is 4.66. The van der Waals surface area contributed by atoms with Gasteiger partial charge in [0.1, 0.15) is 0 Å². The summed E-state index contributed by atoms with van der Waals surface area (Å²) in [6.07, 6.45) is 0. The second kappa shape index (κ2) is 7.17. The predicted molar refractivity (Wildman–Crippen MR) is 120 cm³/mol. The normalized spacial score (nSPS) is 12.1. The van der Waals surface area contributed by atoms with Gasteiger partial charge < -0.3 is 10.3 Å². The summed E-state index contributed by atoms with van der Waals surface area (Å²) >= 11 is 0. The quantitative estimate of drug-likeness (QED) is 0.201. The lowest BCUT2D eigenvalue weighted by molar-refractivity contribution is 0.848. The van der Waals surface area contributed by atoms with Gasteiger partial charge in [0.2, 0.25) is 0 Å². The molecular weight excluding hydrogens is 358 g/mol. The monoisotopic (exact) mass is 383 g/mol. The molecule has 0 amide bonds. The van der Waals surface area contributed by atoms with E-state index < -0.39 is 0 Å². The number of nitrogens with two attached hydrogens (primary N) is 1. The van der Waals surface area contributed by atoms with Gasteiger partial charge in [0.25, 0.3) is 0 Å². The summed E-state index contributed by atoms with van der Waals surface area (Å²) in [6, 6.07) is 16.8. The second-order valence-corrected chi connectivity index (χ2v) is 7.66. The molecule has 0 aliphatic carbocycles. The third kappa shape index (κ3) is 3.09. The number of benzene rings is 3. The van der Waals surface area contributed by atoms with Crippen LogP contribution in [0.2, 0.25) is 0 Å². The summed E-state index contributed by atoms with van der Waals surface area (Å²) in [7, 11) is 0. The van der Waals surface area contributed by atoms with Gasteiger partial charge in [-0.3, -0.25) is 0 Å². The molecule has 1 aromatic heterocycles. The van der Waals surface area contributed by atoms with Gasteiger partial charge in [0.05, 0.1) is 0 Å². The molecule has 0 spiro atoms. The molecule has 0 aliphatic rings. The SMILES string of the molecule is Cc1cc(C)c(C)c(Cn2c3ccccc3c3cc(C(N)=NN=N)ccc32)c1C. The van der Waals surface area contributed by atoms with Crippen molar-refractivity contribution >= 4 is 27.6 Å². The van der Waals surface area contributed by atoms with Crippen LogP contribution in [-0.4, -0.2) is 10.4 Å². The Balaban J connectivity index is 1.98. The molecule has 0 bridgehead atoms. The van der Waals surface area contributed by atoms with Crippen molar-refractivity contribution < 1.29 is 0 Å². The maximum Gasteiger partial charge on any atom is 0.155 e. The maximum absolute atomic E-state index is 6.93. The molecule has 0 fully saturated rings. The molecule has 4 aromatic rings. The zero-order valence-corrected chi connectivity index (χ0v) is 17.2. The van der Waals surface area contributed by atoms with Gasteiger partial charge in [-0.25, -0.2) is 0 Å². The molecule has 4 rings (SSSR count). The van der Waals surface area contributed by atoms with E-state index >= 15 is 0 Å². The highest BCUT2D eigenvalue weighted by Gasteiger charge is 2.15. The van der Waals surface area contributed by atoms with E-state index in [9.17, 15) is 0 Å². The molecule has 1 heterocycles. The van der Waals surface area contributed by atoms with Crippen LogP contribution in [0.15, 0.2) is 58.9 Å². The van der Waals surface area contributed by atoms with Gasteiger partial charge in [-0.05, 0) is 79.8 Å². The molecule has 0 aliphatic heterocycles. The first-order valence-corrected chi connectivity index (χ1v) is 9.70. The molecule has 3 aromatic carbocycles. The molecule has 146 valence electrons. The van der Waals surface area contributed by atoms with Crippen molar-refractivity contribution in [1.29, 1.82) is 5.53 Å². The average Bonchev–Trinajstić information content (AvgIpc) is 3.03. The fourth-order valence-corrected chi connectivity index (χ4v) is 4.19. The fraction of sp³-hybridized carbons (Fsp3) is 0.208. The Morgan fingerprint density at radius 2 is 1.55 bits per heavy atom. The van der Waals surface area contributed by atoms with Crippen LogP contribution in [0, 0.1) is 33.2 Å². The van der Waals surface area contributed by atoms with E-state index in [0.29, 0.717) is 0 Å². The average molecular weight is 383 g/mol. The van der Waals surface area contributed by atoms with Crippen molar-refractivity contribution in [2.75, 3.05) is 0 Å². The van der Waals surface area contributed by atoms with E-state index in [2.05, 4.69) is 79.0 Å². The Bertz CT molecular complexity index is 1270. The van der Waals surface area contributed by atoms with Crippen molar-refractivity contribution in [3.05, 3.63) is 81.9 Å². The number of aryl methyl sites for hydroxylation is 2. The third-order valence-corrected chi connectivity index (χ3v) is 6.06. The van der Waals surface area contributed by atoms with Gasteiger partial charge in [-0.1, -0.05) is 29.5 Å². The van der Waals surface area contributed by atoms with Crippen molar-refractivity contribution in [2.45, 2.75) is 34.2 Å². The first kappa shape index (κ1) is 18.9. The second-order valence-electron chi connectivity index (χ2n) is 7.66. The minimum absolute atomic E-state index is 0.250. The fourth-order valence-electron chi connectivity index (χ4n) is 4.19. The number of para-hydroxylation sites is 1. The summed E-state index contributed by atoms with van der Waals surface area (Å²) in [5.41, 5.74) is 22.8. The number of hydrogen-bond donors (Lipinski definition) is 2. The zero-order chi connectivity index (χ0) is 20.7. The van der Waals surface area contributed by atoms with Crippen molar-refractivity contribution in [3.63, 3.8) is 0 Å². The molecule has 0 saturated carbocycles. The van der Waals surface area contributed by atoms with Gasteiger partial charge >= 0.3 is 0 Å². The first-order valence-electron chi connectivity index (χ1n) is 9.70. The van der Waals surface area contributed by atoms with E-state index in [4.69, 9.17) is 11.3 Å². The molecule has 29 heavy (non-hydrogen) atoms. The van der Waals surface area contributed by atoms with E-state index in [0.717, 1.165) is 23.0 Å². The summed E-state index contributed by atoms with van der Waals surface area (Å²) in [4.78, 5) is 0. The molecule has 5 nitrogen and oxygen atoms in total. The summed E-state index contributed by atoms with van der Waals surface area (Å²) in [6.45, 7) is 9.61. The highest BCUT2D eigenvalue weighted by molar-refractivity contribution is 6.11. The van der Waals surface area contributed by atoms with Crippen LogP contribution < -0.4 is 5.73 Å². The summed E-state index contributed by atoms with van der Waals surface area (Å²) < 4.78 is 2.38. The number of fused-ring (bicyclic) bond motifs is 3. The summed E-state index contributed by atoms with van der Waals surface area (Å²) in [5.74, 6) is 0.250. The highest BCUT2D eigenvalue weighted by Crippen LogP contribution is 2.32. The zero-order valence-electron chi connectivity index (χ0n) is 17.2. The van der Waals surface area contributed by atoms with Gasteiger partial charge in [-0.2, -0.15) is 5.53 Å². The van der Waals surface area contributed by atoms with Crippen molar-refractivity contribution in [3.8, 4) is 0 Å². The van der Waals surface area contributed by atoms with Crippen LogP contribution >= 0.6 is 0 Å². The van der Waals surface area contributed by atoms with E-state index in [1.807, 2.05) is 12.1 Å². The van der Waals surface area contributed by atoms with E-state index in [-0.39, 0.29) is 5.84 Å². The molecule has 0 unspecified atom stereocenters. The Hall–Kier alpha value is -3.47. The minimum atomic E-state index is 0.250. The smallest absolute Gasteiger partial charge is 0.155 e. The van der Waals surface area contributed by atoms with Crippen LogP contribution in [0.4, 0.5) is 0 Å². The maximum atomic E-state index is 6.93. The van der Waals surface area contributed by atoms with Gasteiger partial charge in [0, 0.05) is 33.9 Å². The third-order valence-electron chi connectivity index (χ3n) is 6.06. The number of nitrogens with one attached hydrogen (secondary N) is 1. The molecule has 5 heteroatoms. The lowest BCUT2D eigenvalue weighted by Crippen LogP contribution is -2.12. The van der Waals surface area contributed by atoms with E-state index in [1.165, 1.54) is 38.7 Å². The number of amidine groups is 1. The number of rotatable bonds is 4. The van der Waals surface area contributed by atoms with Crippen LogP contribution in [0.5, 0.6) is 0 Å². The predicted octanol–water partition coefficient (Wildman–Crippen LogP) is 5.73. The molecule has 0 saturated heterocycles. The molecule has 0 atom stereocenters. The number of aromatic nitrogens is 1. The Labute approximate surface area is 170 Å². The number of hydrogen-bond acceptors (Lipinski definition) is 2. The first-order chi connectivity index (χ1) is 13.9. The Morgan fingerprint density at radius 3 is 2.24 bits per heavy atom. The van der Waals surface area contributed by atoms with Crippen LogP contribution in [0.25, 0.3) is 21.8 Å². The lowest BCUT2D eigenvalue weighted by Gasteiger charge is -2.17. The van der Waals surface area contributed by atoms with Crippen LogP contribution in [-0.2, 0) is 6.54 Å². The minimum Gasteiger partial charge on any atom is -0.382 e. The molecular formula is C24H25N5. The van der Waals surface area contributed by atoms with Crippen molar-refractivity contribution in [2.24, 2.45) is 16.1 Å². The topological polar surface area (TPSA) is 79.5 Å². The van der Waals surface area contributed by atoms with Gasteiger partial charge in [-0.15, -0.1) is 5.10 Å². The number of nitrogens with zero attached hydrogens (tertiary/aromatic N) is 3. The van der Waals surface area contributed by atoms with Gasteiger partial charge in [0.15, 0.2) is 5.84 Å². The highest BCUT2D eigenvalue weighted by atomic mass is 15.3. The standard InChI is InChI=1S/C24H25N5/c1-14-11-15(2)17(4)21(16(14)3)13-29-22-8-6-5-7-19(22)20-12-18(9-10-23(20)29)24(25)27-28-26/h5-12H,13H2,1-4H3,(H3,25,26,27). The molecule has 0 radical (unpaired) electrons. The Morgan fingerprint density at radius 1 is 0.897 bits per heavy atom. The van der Waals surface area contributed by atoms with Crippen molar-refractivity contribution in [1.82, 2.24) is 4.57 Å². The van der Waals surface area contributed by atoms with E-state index in [1.54, 1.807) is 0 Å². The largest absolute Gasteiger partial charge is 0.382 e.